The fourth-order valence-electron chi connectivity index (χ4n) is 2.81. The molecule has 1 amide bonds. The van der Waals surface area contributed by atoms with Crippen LogP contribution in [0.25, 0.3) is 0 Å². The second kappa shape index (κ2) is 6.80. The van der Waals surface area contributed by atoms with E-state index >= 15 is 0 Å². The van der Waals surface area contributed by atoms with Crippen LogP contribution in [0.1, 0.15) is 15.9 Å². The zero-order chi connectivity index (χ0) is 18.9. The summed E-state index contributed by atoms with van der Waals surface area (Å²) in [5.74, 6) is -1.44. The number of carbonyl (C=O) groups excluding carboxylic acids is 1. The van der Waals surface area contributed by atoms with E-state index in [1.807, 2.05) is 0 Å². The van der Waals surface area contributed by atoms with Gasteiger partial charge >= 0.3 is 5.97 Å². The third kappa shape index (κ3) is 3.85. The minimum atomic E-state index is -3.24. The first-order valence-corrected chi connectivity index (χ1v) is 9.88. The molecule has 0 saturated heterocycles. The molecular formula is C18H17NO6S. The second-order valence-electron chi connectivity index (χ2n) is 6.10. The molecule has 0 saturated carbocycles. The minimum absolute atomic E-state index is 0.137. The highest BCUT2D eigenvalue weighted by molar-refractivity contribution is 7.89. The van der Waals surface area contributed by atoms with Crippen molar-refractivity contribution >= 4 is 27.4 Å². The molecule has 0 aliphatic carbocycles. The maximum Gasteiger partial charge on any atom is 0.346 e. The highest BCUT2D eigenvalue weighted by Gasteiger charge is 2.34. The van der Waals surface area contributed by atoms with Gasteiger partial charge < -0.3 is 14.7 Å². The molecule has 2 aromatic carbocycles. The third-order valence-corrected chi connectivity index (χ3v) is 4.75. The Morgan fingerprint density at radius 2 is 1.92 bits per heavy atom. The molecule has 3 rings (SSSR count). The average molecular weight is 375 g/mol. The van der Waals surface area contributed by atoms with Gasteiger partial charge in [0, 0.05) is 11.8 Å². The molecule has 0 fully saturated rings. The van der Waals surface area contributed by atoms with Crippen LogP contribution in [0.3, 0.4) is 0 Å². The van der Waals surface area contributed by atoms with Crippen molar-refractivity contribution in [1.82, 2.24) is 0 Å². The zero-order valence-electron chi connectivity index (χ0n) is 14.0. The number of carboxylic acids is 1. The van der Waals surface area contributed by atoms with E-state index in [4.69, 9.17) is 4.74 Å². The molecule has 0 unspecified atom stereocenters. The summed E-state index contributed by atoms with van der Waals surface area (Å²) in [6.45, 7) is -0.137. The summed E-state index contributed by atoms with van der Waals surface area (Å²) in [6, 6.07) is 13.0. The summed E-state index contributed by atoms with van der Waals surface area (Å²) in [5.41, 5.74) is 1.25. The van der Waals surface area contributed by atoms with Crippen LogP contribution in [0.5, 0.6) is 5.75 Å². The molecule has 8 heteroatoms. The highest BCUT2D eigenvalue weighted by atomic mass is 32.2. The summed E-state index contributed by atoms with van der Waals surface area (Å²) in [5, 5.41) is 9.28. The van der Waals surface area contributed by atoms with Crippen LogP contribution >= 0.6 is 0 Å². The van der Waals surface area contributed by atoms with Gasteiger partial charge in [-0.15, -0.1) is 0 Å². The predicted octanol–water partition coefficient (Wildman–Crippen LogP) is 1.72. The summed E-state index contributed by atoms with van der Waals surface area (Å²) in [4.78, 5) is 25.7. The highest BCUT2D eigenvalue weighted by Crippen LogP contribution is 2.34. The van der Waals surface area contributed by atoms with E-state index in [-0.39, 0.29) is 17.9 Å². The number of hydrogen-bond donors (Lipinski definition) is 1. The van der Waals surface area contributed by atoms with Crippen LogP contribution in [0, 0.1) is 0 Å². The predicted molar refractivity (Wildman–Crippen MR) is 95.2 cm³/mol. The second-order valence-corrected chi connectivity index (χ2v) is 8.24. The van der Waals surface area contributed by atoms with Crippen LogP contribution in [0.15, 0.2) is 48.5 Å². The standard InChI is InChI=1S/C18H17NO6S/c1-26(23,24)11-12-5-4-6-13(9-12)17(20)19-10-16(18(21)22)25-15-8-3-2-7-14(15)19/h2-9,16H,10-11H2,1H3,(H,21,22)/t16-/m1/s1. The molecule has 0 radical (unpaired) electrons. The van der Waals surface area contributed by atoms with Crippen LogP contribution in [-0.4, -0.2) is 44.3 Å². The molecule has 2 aromatic rings. The summed E-state index contributed by atoms with van der Waals surface area (Å²) < 4.78 is 28.4. The van der Waals surface area contributed by atoms with Gasteiger partial charge in [-0.1, -0.05) is 24.3 Å². The van der Waals surface area contributed by atoms with Crippen molar-refractivity contribution in [1.29, 1.82) is 0 Å². The molecule has 7 nitrogen and oxygen atoms in total. The number of rotatable bonds is 4. The van der Waals surface area contributed by atoms with Crippen molar-refractivity contribution in [2.75, 3.05) is 17.7 Å². The van der Waals surface area contributed by atoms with E-state index in [0.717, 1.165) is 6.26 Å². The van der Waals surface area contributed by atoms with E-state index in [1.165, 1.54) is 11.0 Å². The topological polar surface area (TPSA) is 101 Å². The molecule has 1 atom stereocenters. The first kappa shape index (κ1) is 17.9. The Balaban J connectivity index is 1.96. The quantitative estimate of drug-likeness (QED) is 0.873. The lowest BCUT2D eigenvalue weighted by Crippen LogP contribution is -2.47. The van der Waals surface area contributed by atoms with E-state index < -0.39 is 27.8 Å². The Morgan fingerprint density at radius 3 is 2.62 bits per heavy atom. The number of carboxylic acid groups (broad SMARTS) is 1. The summed E-state index contributed by atoms with van der Waals surface area (Å²) >= 11 is 0. The van der Waals surface area contributed by atoms with Gasteiger partial charge in [0.2, 0.25) is 6.10 Å². The van der Waals surface area contributed by atoms with Crippen molar-refractivity contribution in [3.05, 3.63) is 59.7 Å². The largest absolute Gasteiger partial charge is 0.478 e. The Bertz CT molecular complexity index is 969. The minimum Gasteiger partial charge on any atom is -0.478 e. The number of anilines is 1. The number of amides is 1. The van der Waals surface area contributed by atoms with E-state index in [9.17, 15) is 23.1 Å². The van der Waals surface area contributed by atoms with Gasteiger partial charge in [0.05, 0.1) is 18.0 Å². The van der Waals surface area contributed by atoms with Gasteiger partial charge in [-0.05, 0) is 29.8 Å². The fourth-order valence-corrected chi connectivity index (χ4v) is 3.59. The smallest absolute Gasteiger partial charge is 0.346 e. The number of para-hydroxylation sites is 2. The van der Waals surface area contributed by atoms with Crippen LogP contribution in [0.4, 0.5) is 5.69 Å². The lowest BCUT2D eigenvalue weighted by Gasteiger charge is -2.33. The summed E-state index contributed by atoms with van der Waals surface area (Å²) in [7, 11) is -3.24. The number of carbonyl (C=O) groups is 2. The van der Waals surface area contributed by atoms with E-state index in [0.29, 0.717) is 17.0 Å². The van der Waals surface area contributed by atoms with Gasteiger partial charge in [-0.3, -0.25) is 4.79 Å². The maximum atomic E-state index is 13.0. The van der Waals surface area contributed by atoms with Crippen molar-refractivity contribution in [2.45, 2.75) is 11.9 Å². The molecule has 1 N–H and O–H groups in total. The molecule has 0 spiro atoms. The monoisotopic (exact) mass is 375 g/mol. The van der Waals surface area contributed by atoms with Crippen LogP contribution in [-0.2, 0) is 20.4 Å². The Morgan fingerprint density at radius 1 is 1.19 bits per heavy atom. The molecule has 26 heavy (non-hydrogen) atoms. The SMILES string of the molecule is CS(=O)(=O)Cc1cccc(C(=O)N2C[C@H](C(=O)O)Oc3ccccc32)c1. The van der Waals surface area contributed by atoms with Gasteiger partial charge in [-0.2, -0.15) is 0 Å². The number of hydrogen-bond acceptors (Lipinski definition) is 5. The van der Waals surface area contributed by atoms with Crippen molar-refractivity contribution in [3.63, 3.8) is 0 Å². The van der Waals surface area contributed by atoms with Gasteiger partial charge in [0.15, 0.2) is 9.84 Å². The number of nitrogens with zero attached hydrogens (tertiary/aromatic N) is 1. The molecule has 1 aliphatic heterocycles. The molecule has 0 aromatic heterocycles. The van der Waals surface area contributed by atoms with Gasteiger partial charge in [0.25, 0.3) is 5.91 Å². The normalized spacial score (nSPS) is 16.5. The van der Waals surface area contributed by atoms with Crippen LogP contribution < -0.4 is 9.64 Å². The Labute approximate surface area is 150 Å². The molecule has 1 aliphatic rings. The average Bonchev–Trinajstić information content (AvgIpc) is 2.58. The number of aliphatic carboxylic acids is 1. The third-order valence-electron chi connectivity index (χ3n) is 3.90. The lowest BCUT2D eigenvalue weighted by atomic mass is 10.1. The number of sulfone groups is 1. The van der Waals surface area contributed by atoms with Crippen molar-refractivity contribution < 1.29 is 27.9 Å². The molecular weight excluding hydrogens is 358 g/mol. The molecule has 1 heterocycles. The number of fused-ring (bicyclic) bond motifs is 1. The lowest BCUT2D eigenvalue weighted by molar-refractivity contribution is -0.144. The maximum absolute atomic E-state index is 13.0. The molecule has 136 valence electrons. The zero-order valence-corrected chi connectivity index (χ0v) is 14.8. The van der Waals surface area contributed by atoms with Gasteiger partial charge in [0.1, 0.15) is 5.75 Å². The van der Waals surface area contributed by atoms with E-state index in [1.54, 1.807) is 42.5 Å². The summed E-state index contributed by atoms with van der Waals surface area (Å²) in [6.07, 6.45) is -0.0509. The first-order valence-electron chi connectivity index (χ1n) is 7.81. The number of ether oxygens (including phenoxy) is 1. The van der Waals surface area contributed by atoms with Gasteiger partial charge in [-0.25, -0.2) is 13.2 Å². The molecule has 0 bridgehead atoms. The Kier molecular flexibility index (Phi) is 4.69. The van der Waals surface area contributed by atoms with E-state index in [2.05, 4.69) is 0 Å². The van der Waals surface area contributed by atoms with Crippen molar-refractivity contribution in [2.24, 2.45) is 0 Å². The van der Waals surface area contributed by atoms with Crippen molar-refractivity contribution in [3.8, 4) is 5.75 Å². The van der Waals surface area contributed by atoms with Crippen LogP contribution in [0.2, 0.25) is 0 Å². The first-order chi connectivity index (χ1) is 12.2. The fraction of sp³-hybridized carbons (Fsp3) is 0.222. The Hall–Kier alpha value is -2.87. The number of benzene rings is 2.